The molecule has 9 nitrogen and oxygen atoms in total. The summed E-state index contributed by atoms with van der Waals surface area (Å²) in [5, 5.41) is 6.06. The molecule has 35 heavy (non-hydrogen) atoms. The van der Waals surface area contributed by atoms with E-state index in [1.165, 1.54) is 11.4 Å². The third-order valence-corrected chi connectivity index (χ3v) is 6.94. The summed E-state index contributed by atoms with van der Waals surface area (Å²) in [6.07, 6.45) is 12.8. The minimum atomic E-state index is -0.348. The van der Waals surface area contributed by atoms with Gasteiger partial charge in [0.05, 0.1) is 37.6 Å². The second kappa shape index (κ2) is 10.7. The summed E-state index contributed by atoms with van der Waals surface area (Å²) < 4.78 is 10.5. The van der Waals surface area contributed by atoms with Crippen molar-refractivity contribution >= 4 is 23.3 Å². The molecular weight excluding hydrogens is 446 g/mol. The van der Waals surface area contributed by atoms with E-state index < -0.39 is 0 Å². The quantitative estimate of drug-likeness (QED) is 0.532. The predicted molar refractivity (Wildman–Crippen MR) is 132 cm³/mol. The number of nitrogens with zero attached hydrogens (tertiary/aromatic N) is 5. The molecule has 1 aromatic heterocycles. The summed E-state index contributed by atoms with van der Waals surface area (Å²) >= 11 is 0. The highest BCUT2D eigenvalue weighted by molar-refractivity contribution is 6.16. The third-order valence-electron chi connectivity index (χ3n) is 6.94. The number of fused-ring (bicyclic) bond motifs is 2. The van der Waals surface area contributed by atoms with Gasteiger partial charge in [0, 0.05) is 38.6 Å². The molecule has 1 aromatic rings. The van der Waals surface area contributed by atoms with Crippen LogP contribution < -0.4 is 4.90 Å². The van der Waals surface area contributed by atoms with Crippen molar-refractivity contribution < 1.29 is 19.1 Å². The zero-order chi connectivity index (χ0) is 24.2. The van der Waals surface area contributed by atoms with E-state index in [9.17, 15) is 9.59 Å². The van der Waals surface area contributed by atoms with Gasteiger partial charge in [-0.25, -0.2) is 9.99 Å². The summed E-state index contributed by atoms with van der Waals surface area (Å²) in [6, 6.07) is 2.02. The molecule has 1 unspecified atom stereocenters. The standard InChI is InChI=1S/C26H33N5O4/c1-34-14-15-35-13-12-31-26(33)22-8-7-21(17-23(22)28-31)30-11-5-6-19-16-20(18-27-24(19)30)25(32)29-9-3-2-4-10-29/h7-8,16-18,22H,2-6,9-15H2,1H3. The van der Waals surface area contributed by atoms with Crippen LogP contribution in [0.1, 0.15) is 41.6 Å². The number of allylic oxidation sites excluding steroid dienone is 2. The number of anilines is 1. The number of amides is 2. The molecule has 5 rings (SSSR count). The van der Waals surface area contributed by atoms with Crippen LogP contribution in [0.15, 0.2) is 41.3 Å². The number of carbonyl (C=O) groups excluding carboxylic acids is 2. The zero-order valence-corrected chi connectivity index (χ0v) is 20.3. The number of ether oxygens (including phenoxy) is 2. The number of piperidine rings is 1. The Morgan fingerprint density at radius 1 is 1.11 bits per heavy atom. The SMILES string of the molecule is COCCOCCN1N=C2C=C(N3CCCc4cc(C(=O)N5CCCCC5)cnc43)C=CC2C1=O. The topological polar surface area (TPSA) is 87.6 Å². The molecule has 2 amide bonds. The van der Waals surface area contributed by atoms with E-state index in [-0.39, 0.29) is 17.7 Å². The number of rotatable bonds is 8. The van der Waals surface area contributed by atoms with Crippen LogP contribution in [0, 0.1) is 5.92 Å². The van der Waals surface area contributed by atoms with E-state index in [1.807, 2.05) is 29.2 Å². The first kappa shape index (κ1) is 23.7. The number of hydrazone groups is 1. The number of carbonyl (C=O) groups is 2. The van der Waals surface area contributed by atoms with Gasteiger partial charge in [-0.15, -0.1) is 0 Å². The molecule has 0 spiro atoms. The van der Waals surface area contributed by atoms with Gasteiger partial charge in [-0.2, -0.15) is 5.10 Å². The Morgan fingerprint density at radius 2 is 1.97 bits per heavy atom. The summed E-state index contributed by atoms with van der Waals surface area (Å²) in [7, 11) is 1.63. The minimum absolute atomic E-state index is 0.0278. The number of pyridine rings is 1. The van der Waals surface area contributed by atoms with Crippen LogP contribution in [0.25, 0.3) is 0 Å². The second-order valence-electron chi connectivity index (χ2n) is 9.31. The number of hydrogen-bond acceptors (Lipinski definition) is 7. The summed E-state index contributed by atoms with van der Waals surface area (Å²) in [5.74, 6) is 0.593. The molecule has 0 bridgehead atoms. The molecule has 1 saturated heterocycles. The summed E-state index contributed by atoms with van der Waals surface area (Å²) in [4.78, 5) is 34.6. The third kappa shape index (κ3) is 5.01. The van der Waals surface area contributed by atoms with Crippen molar-refractivity contribution in [2.24, 2.45) is 11.0 Å². The van der Waals surface area contributed by atoms with Crippen molar-refractivity contribution in [3.05, 3.63) is 47.3 Å². The highest BCUT2D eigenvalue weighted by Gasteiger charge is 2.35. The largest absolute Gasteiger partial charge is 0.382 e. The van der Waals surface area contributed by atoms with Crippen molar-refractivity contribution in [2.75, 3.05) is 58.0 Å². The van der Waals surface area contributed by atoms with Gasteiger partial charge in [0.25, 0.3) is 11.8 Å². The maximum atomic E-state index is 13.0. The van der Waals surface area contributed by atoms with E-state index in [4.69, 9.17) is 14.5 Å². The van der Waals surface area contributed by atoms with Crippen LogP contribution in [0.2, 0.25) is 0 Å². The fraction of sp³-hybridized carbons (Fsp3) is 0.538. The number of aryl methyl sites for hydroxylation is 1. The van der Waals surface area contributed by atoms with Gasteiger partial charge in [0.1, 0.15) is 11.7 Å². The molecule has 1 aliphatic carbocycles. The lowest BCUT2D eigenvalue weighted by Crippen LogP contribution is -2.36. The van der Waals surface area contributed by atoms with E-state index >= 15 is 0 Å². The molecule has 1 fully saturated rings. The Morgan fingerprint density at radius 3 is 2.80 bits per heavy atom. The normalized spacial score (nSPS) is 21.6. The Labute approximate surface area is 206 Å². The van der Waals surface area contributed by atoms with Gasteiger partial charge in [-0.05, 0) is 55.9 Å². The molecule has 186 valence electrons. The lowest BCUT2D eigenvalue weighted by atomic mass is 9.95. The molecule has 0 aromatic carbocycles. The smallest absolute Gasteiger partial charge is 0.255 e. The Bertz CT molecular complexity index is 1060. The fourth-order valence-corrected chi connectivity index (χ4v) is 5.07. The average molecular weight is 480 g/mol. The van der Waals surface area contributed by atoms with E-state index in [1.54, 1.807) is 13.3 Å². The van der Waals surface area contributed by atoms with Crippen LogP contribution in [-0.4, -0.2) is 85.5 Å². The molecule has 4 aliphatic rings. The highest BCUT2D eigenvalue weighted by atomic mass is 16.5. The van der Waals surface area contributed by atoms with Crippen LogP contribution >= 0.6 is 0 Å². The van der Waals surface area contributed by atoms with Gasteiger partial charge in [-0.1, -0.05) is 6.08 Å². The van der Waals surface area contributed by atoms with E-state index in [0.717, 1.165) is 68.1 Å². The van der Waals surface area contributed by atoms with Gasteiger partial charge in [-0.3, -0.25) is 9.59 Å². The molecule has 9 heteroatoms. The molecular formula is C26H33N5O4. The van der Waals surface area contributed by atoms with Crippen LogP contribution in [0.5, 0.6) is 0 Å². The van der Waals surface area contributed by atoms with Gasteiger partial charge < -0.3 is 19.3 Å². The lowest BCUT2D eigenvalue weighted by Gasteiger charge is -2.32. The van der Waals surface area contributed by atoms with Crippen molar-refractivity contribution in [3.8, 4) is 0 Å². The number of hydrogen-bond donors (Lipinski definition) is 0. The first-order valence-electron chi connectivity index (χ1n) is 12.6. The molecule has 0 N–H and O–H groups in total. The number of methoxy groups -OCH3 is 1. The van der Waals surface area contributed by atoms with E-state index in [2.05, 4.69) is 10.0 Å². The maximum absolute atomic E-state index is 13.0. The van der Waals surface area contributed by atoms with E-state index in [0.29, 0.717) is 31.9 Å². The highest BCUT2D eigenvalue weighted by Crippen LogP contribution is 2.32. The summed E-state index contributed by atoms with van der Waals surface area (Å²) in [5.41, 5.74) is 3.48. The Balaban J connectivity index is 1.30. The second-order valence-corrected chi connectivity index (χ2v) is 9.31. The van der Waals surface area contributed by atoms with Crippen LogP contribution in [-0.2, 0) is 20.7 Å². The summed E-state index contributed by atoms with van der Waals surface area (Å²) in [6.45, 7) is 4.35. The minimum Gasteiger partial charge on any atom is -0.382 e. The van der Waals surface area contributed by atoms with Gasteiger partial charge in [0.2, 0.25) is 0 Å². The lowest BCUT2D eigenvalue weighted by molar-refractivity contribution is -0.131. The van der Waals surface area contributed by atoms with Crippen molar-refractivity contribution in [3.63, 3.8) is 0 Å². The molecule has 4 heterocycles. The molecule has 0 radical (unpaired) electrons. The van der Waals surface area contributed by atoms with Crippen molar-refractivity contribution in [1.82, 2.24) is 14.9 Å². The predicted octanol–water partition coefficient (Wildman–Crippen LogP) is 2.39. The first-order chi connectivity index (χ1) is 17.2. The number of aromatic nitrogens is 1. The fourth-order valence-electron chi connectivity index (χ4n) is 5.07. The monoisotopic (exact) mass is 479 g/mol. The van der Waals surface area contributed by atoms with Crippen molar-refractivity contribution in [1.29, 1.82) is 0 Å². The average Bonchev–Trinajstić information content (AvgIpc) is 3.22. The Kier molecular flexibility index (Phi) is 7.24. The van der Waals surface area contributed by atoms with Gasteiger partial charge >= 0.3 is 0 Å². The number of likely N-dealkylation sites (tertiary alicyclic amines) is 1. The van der Waals surface area contributed by atoms with Crippen molar-refractivity contribution in [2.45, 2.75) is 32.1 Å². The zero-order valence-electron chi connectivity index (χ0n) is 20.3. The molecule has 3 aliphatic heterocycles. The Hall–Kier alpha value is -3.04. The molecule has 0 saturated carbocycles. The van der Waals surface area contributed by atoms with Crippen LogP contribution in [0.4, 0.5) is 5.82 Å². The van der Waals surface area contributed by atoms with Gasteiger partial charge in [0.15, 0.2) is 0 Å². The molecule has 1 atom stereocenters. The maximum Gasteiger partial charge on any atom is 0.255 e. The van der Waals surface area contributed by atoms with Crippen LogP contribution in [0.3, 0.4) is 0 Å². The first-order valence-corrected chi connectivity index (χ1v) is 12.6.